The highest BCUT2D eigenvalue weighted by atomic mass is 32.2. The molecular weight excluding hydrogens is 313 g/mol. The maximum atomic E-state index is 12.9. The number of benzene rings is 2. The van der Waals surface area contributed by atoms with Crippen molar-refractivity contribution in [2.75, 3.05) is 4.72 Å². The fourth-order valence-corrected chi connectivity index (χ4v) is 2.46. The third kappa shape index (κ3) is 3.85. The van der Waals surface area contributed by atoms with E-state index >= 15 is 0 Å². The van der Waals surface area contributed by atoms with E-state index in [1.165, 1.54) is 18.2 Å². The molecule has 0 saturated heterocycles. The number of rotatable bonds is 4. The molecule has 0 heterocycles. The molecule has 2 rings (SSSR count). The molecule has 0 amide bonds. The second-order valence-corrected chi connectivity index (χ2v) is 5.17. The van der Waals surface area contributed by atoms with Crippen LogP contribution >= 0.6 is 11.9 Å². The van der Waals surface area contributed by atoms with Gasteiger partial charge in [-0.15, -0.1) is 0 Å². The minimum absolute atomic E-state index is 0.00846. The minimum Gasteiger partial charge on any atom is -0.382 e. The molecule has 0 radical (unpaired) electrons. The standard InChI is InChI=1S/C14H13F3N4S/c15-14(16,17)11-6-1-2-7-12(11)21-22-10-5-3-4-9(8-10)13(18)20-19/h1-8,21H,19H2,(H2,18,20). The predicted molar refractivity (Wildman–Crippen MR) is 82.3 cm³/mol. The lowest BCUT2D eigenvalue weighted by Crippen LogP contribution is -2.15. The maximum absolute atomic E-state index is 12.9. The van der Waals surface area contributed by atoms with Crippen molar-refractivity contribution in [3.63, 3.8) is 0 Å². The van der Waals surface area contributed by atoms with Gasteiger partial charge in [0.2, 0.25) is 0 Å². The zero-order chi connectivity index (χ0) is 16.2. The van der Waals surface area contributed by atoms with Gasteiger partial charge < -0.3 is 16.3 Å². The van der Waals surface area contributed by atoms with Crippen LogP contribution in [0.2, 0.25) is 0 Å². The smallest absolute Gasteiger partial charge is 0.382 e. The molecule has 0 aromatic heterocycles. The van der Waals surface area contributed by atoms with E-state index in [1.807, 2.05) is 0 Å². The Kier molecular flexibility index (Phi) is 4.81. The largest absolute Gasteiger partial charge is 0.418 e. The maximum Gasteiger partial charge on any atom is 0.418 e. The van der Waals surface area contributed by atoms with Crippen LogP contribution < -0.4 is 16.3 Å². The molecule has 0 aliphatic heterocycles. The first-order valence-corrected chi connectivity index (χ1v) is 6.96. The lowest BCUT2D eigenvalue weighted by atomic mass is 10.2. The highest BCUT2D eigenvalue weighted by Gasteiger charge is 2.33. The second-order valence-electron chi connectivity index (χ2n) is 4.29. The molecule has 2 aromatic carbocycles. The van der Waals surface area contributed by atoms with Gasteiger partial charge in [-0.2, -0.15) is 18.3 Å². The average Bonchev–Trinajstić information content (AvgIpc) is 2.52. The van der Waals surface area contributed by atoms with Crippen molar-refractivity contribution in [2.24, 2.45) is 16.7 Å². The number of nitrogens with zero attached hydrogens (tertiary/aromatic N) is 1. The summed E-state index contributed by atoms with van der Waals surface area (Å²) in [6, 6.07) is 12.1. The average molecular weight is 326 g/mol. The Hall–Kier alpha value is -2.35. The van der Waals surface area contributed by atoms with Crippen LogP contribution in [0.25, 0.3) is 0 Å². The number of para-hydroxylation sites is 1. The van der Waals surface area contributed by atoms with E-state index in [4.69, 9.17) is 11.6 Å². The number of anilines is 1. The topological polar surface area (TPSA) is 76.4 Å². The van der Waals surface area contributed by atoms with E-state index in [2.05, 4.69) is 9.82 Å². The Morgan fingerprint density at radius 3 is 2.50 bits per heavy atom. The molecule has 0 fully saturated rings. The van der Waals surface area contributed by atoms with Crippen molar-refractivity contribution < 1.29 is 13.2 Å². The summed E-state index contributed by atoms with van der Waals surface area (Å²) in [6.45, 7) is 0. The van der Waals surface area contributed by atoms with Crippen molar-refractivity contribution in [1.82, 2.24) is 0 Å². The summed E-state index contributed by atoms with van der Waals surface area (Å²) in [5.41, 5.74) is 5.46. The van der Waals surface area contributed by atoms with Crippen LogP contribution in [0.1, 0.15) is 11.1 Å². The van der Waals surface area contributed by atoms with Gasteiger partial charge in [0.1, 0.15) is 5.84 Å². The third-order valence-corrected chi connectivity index (χ3v) is 3.59. The molecule has 0 aliphatic rings. The number of hydrazone groups is 1. The number of hydrogen-bond donors (Lipinski definition) is 3. The first-order valence-electron chi connectivity index (χ1n) is 6.14. The summed E-state index contributed by atoms with van der Waals surface area (Å²) < 4.78 is 41.4. The van der Waals surface area contributed by atoms with Gasteiger partial charge in [0.15, 0.2) is 0 Å². The van der Waals surface area contributed by atoms with Crippen molar-refractivity contribution in [3.05, 3.63) is 59.7 Å². The molecule has 2 aromatic rings. The SMILES string of the molecule is N/N=C(\N)c1cccc(SNc2ccccc2C(F)(F)F)c1. The van der Waals surface area contributed by atoms with Crippen LogP contribution in [-0.2, 0) is 6.18 Å². The summed E-state index contributed by atoms with van der Waals surface area (Å²) in [7, 11) is 0. The summed E-state index contributed by atoms with van der Waals surface area (Å²) in [5.74, 6) is 5.25. The van der Waals surface area contributed by atoms with Crippen LogP contribution in [0.4, 0.5) is 18.9 Å². The fraction of sp³-hybridized carbons (Fsp3) is 0.0714. The summed E-state index contributed by atoms with van der Waals surface area (Å²) in [6.07, 6.45) is -4.41. The van der Waals surface area contributed by atoms with Gasteiger partial charge in [0.05, 0.1) is 11.3 Å². The van der Waals surface area contributed by atoms with E-state index in [-0.39, 0.29) is 11.5 Å². The molecule has 8 heteroatoms. The van der Waals surface area contributed by atoms with E-state index in [9.17, 15) is 13.2 Å². The normalized spacial score (nSPS) is 12.2. The van der Waals surface area contributed by atoms with Gasteiger partial charge in [-0.25, -0.2) is 0 Å². The lowest BCUT2D eigenvalue weighted by Gasteiger charge is -2.13. The van der Waals surface area contributed by atoms with E-state index in [0.29, 0.717) is 10.5 Å². The van der Waals surface area contributed by atoms with Gasteiger partial charge >= 0.3 is 6.18 Å². The van der Waals surface area contributed by atoms with Gasteiger partial charge in [-0.05, 0) is 36.2 Å². The molecular formula is C14H13F3N4S. The molecule has 0 bridgehead atoms. The Morgan fingerprint density at radius 2 is 1.82 bits per heavy atom. The number of alkyl halides is 3. The second kappa shape index (κ2) is 6.61. The number of amidine groups is 1. The number of nitrogens with one attached hydrogen (secondary N) is 1. The molecule has 0 atom stereocenters. The van der Waals surface area contributed by atoms with Crippen molar-refractivity contribution in [1.29, 1.82) is 0 Å². The molecule has 0 spiro atoms. The minimum atomic E-state index is -4.41. The van der Waals surface area contributed by atoms with E-state index < -0.39 is 11.7 Å². The number of nitrogens with two attached hydrogens (primary N) is 2. The highest BCUT2D eigenvalue weighted by molar-refractivity contribution is 8.00. The summed E-state index contributed by atoms with van der Waals surface area (Å²) >= 11 is 1.04. The Labute approximate surface area is 129 Å². The monoisotopic (exact) mass is 326 g/mol. The van der Waals surface area contributed by atoms with Crippen LogP contribution in [0, 0.1) is 0 Å². The first-order chi connectivity index (χ1) is 10.4. The molecule has 0 aliphatic carbocycles. The Balaban J connectivity index is 2.18. The third-order valence-electron chi connectivity index (χ3n) is 2.78. The zero-order valence-corrected chi connectivity index (χ0v) is 12.1. The van der Waals surface area contributed by atoms with Crippen LogP contribution in [0.3, 0.4) is 0 Å². The molecule has 0 unspecified atom stereocenters. The fourth-order valence-electron chi connectivity index (χ4n) is 1.73. The summed E-state index contributed by atoms with van der Waals surface area (Å²) in [5, 5.41) is 3.38. The van der Waals surface area contributed by atoms with Crippen LogP contribution in [0.15, 0.2) is 58.5 Å². The quantitative estimate of drug-likeness (QED) is 0.265. The summed E-state index contributed by atoms with van der Waals surface area (Å²) in [4.78, 5) is 0.682. The number of hydrogen-bond acceptors (Lipinski definition) is 4. The predicted octanol–water partition coefficient (Wildman–Crippen LogP) is 3.40. The number of halogens is 3. The van der Waals surface area contributed by atoms with E-state index in [1.54, 1.807) is 24.3 Å². The van der Waals surface area contributed by atoms with Gasteiger partial charge in [-0.1, -0.05) is 24.3 Å². The van der Waals surface area contributed by atoms with E-state index in [0.717, 1.165) is 18.0 Å². The molecule has 0 saturated carbocycles. The van der Waals surface area contributed by atoms with Crippen molar-refractivity contribution in [2.45, 2.75) is 11.1 Å². The highest BCUT2D eigenvalue weighted by Crippen LogP contribution is 2.36. The van der Waals surface area contributed by atoms with Gasteiger partial charge in [-0.3, -0.25) is 0 Å². The lowest BCUT2D eigenvalue weighted by molar-refractivity contribution is -0.136. The van der Waals surface area contributed by atoms with Crippen LogP contribution in [-0.4, -0.2) is 5.84 Å². The molecule has 22 heavy (non-hydrogen) atoms. The first kappa shape index (κ1) is 16.0. The molecule has 4 nitrogen and oxygen atoms in total. The van der Waals surface area contributed by atoms with Crippen LogP contribution in [0.5, 0.6) is 0 Å². The zero-order valence-electron chi connectivity index (χ0n) is 11.3. The molecule has 5 N–H and O–H groups in total. The van der Waals surface area contributed by atoms with Crippen molar-refractivity contribution in [3.8, 4) is 0 Å². The van der Waals surface area contributed by atoms with Crippen molar-refractivity contribution >= 4 is 23.5 Å². The van der Waals surface area contributed by atoms with Gasteiger partial charge in [0, 0.05) is 10.5 Å². The van der Waals surface area contributed by atoms with Gasteiger partial charge in [0.25, 0.3) is 0 Å². The Morgan fingerprint density at radius 1 is 1.09 bits per heavy atom. The molecule has 116 valence electrons. The Bertz CT molecular complexity index is 686.